The van der Waals surface area contributed by atoms with Crippen LogP contribution in [0, 0.1) is 11.8 Å². The number of carbonyl (C=O) groups is 4. The van der Waals surface area contributed by atoms with Crippen molar-refractivity contribution in [2.24, 2.45) is 11.8 Å². The Bertz CT molecular complexity index is 1850. The van der Waals surface area contributed by atoms with E-state index in [4.69, 9.17) is 9.47 Å². The number of allylic oxidation sites excluding steroid dienone is 1. The van der Waals surface area contributed by atoms with Crippen LogP contribution in [0.3, 0.4) is 0 Å². The molecule has 1 spiro atoms. The number of anilines is 1. The maximum atomic E-state index is 15.0. The number of halogens is 1. The van der Waals surface area contributed by atoms with Crippen LogP contribution >= 0.6 is 15.9 Å². The molecule has 0 aromatic heterocycles. The van der Waals surface area contributed by atoms with E-state index in [1.54, 1.807) is 33.9 Å². The largest absolute Gasteiger partial charge is 0.455 e. The quantitative estimate of drug-likeness (QED) is 0.0823. The number of alkyl halides is 1. The van der Waals surface area contributed by atoms with Crippen LogP contribution in [0.1, 0.15) is 50.7 Å². The fourth-order valence-corrected chi connectivity index (χ4v) is 9.32. The molecule has 3 saturated heterocycles. The third kappa shape index (κ3) is 7.18. The van der Waals surface area contributed by atoms with Gasteiger partial charge in [-0.1, -0.05) is 88.7 Å². The van der Waals surface area contributed by atoms with Gasteiger partial charge in [0, 0.05) is 43.7 Å². The lowest BCUT2D eigenvalue weighted by atomic mass is 9.70. The smallest absolute Gasteiger partial charge is 0.313 e. The zero-order valence-electron chi connectivity index (χ0n) is 30.3. The molecule has 1 unspecified atom stereocenters. The molecule has 3 aromatic carbocycles. The van der Waals surface area contributed by atoms with E-state index in [0.29, 0.717) is 36.9 Å². The van der Waals surface area contributed by atoms with Gasteiger partial charge in [0.2, 0.25) is 11.8 Å². The van der Waals surface area contributed by atoms with Gasteiger partial charge in [0.1, 0.15) is 17.7 Å². The summed E-state index contributed by atoms with van der Waals surface area (Å²) < 4.78 is 13.1. The number of aliphatic hydroxyl groups is 1. The van der Waals surface area contributed by atoms with E-state index in [2.05, 4.69) is 29.1 Å². The Balaban J connectivity index is 1.36. The van der Waals surface area contributed by atoms with E-state index < -0.39 is 47.7 Å². The number of ether oxygens (including phenoxy) is 2. The van der Waals surface area contributed by atoms with Gasteiger partial charge in [-0.05, 0) is 61.1 Å². The molecule has 6 rings (SSSR count). The van der Waals surface area contributed by atoms with Crippen LogP contribution in [0.5, 0.6) is 0 Å². The molecule has 0 saturated carbocycles. The van der Waals surface area contributed by atoms with E-state index in [-0.39, 0.29) is 48.7 Å². The van der Waals surface area contributed by atoms with Gasteiger partial charge in [-0.2, -0.15) is 0 Å². The van der Waals surface area contributed by atoms with Gasteiger partial charge in [-0.3, -0.25) is 19.2 Å². The summed E-state index contributed by atoms with van der Waals surface area (Å²) in [6.07, 6.45) is 3.81. The summed E-state index contributed by atoms with van der Waals surface area (Å²) in [5.41, 5.74) is 0.0524. The molecular weight excluding hydrogens is 738 g/mol. The number of likely N-dealkylation sites (N-methyl/N-ethyl adjacent to an activating group) is 1. The molecule has 1 N–H and O–H groups in total. The Hall–Kier alpha value is -4.32. The van der Waals surface area contributed by atoms with Crippen LogP contribution in [0.4, 0.5) is 5.69 Å². The van der Waals surface area contributed by atoms with Gasteiger partial charge in [-0.15, -0.1) is 13.2 Å². The van der Waals surface area contributed by atoms with Crippen molar-refractivity contribution in [1.82, 2.24) is 9.80 Å². The van der Waals surface area contributed by atoms with Gasteiger partial charge in [0.05, 0.1) is 24.0 Å². The number of unbranched alkanes of at least 4 members (excludes halogenated alkanes) is 1. The minimum absolute atomic E-state index is 0.0600. The van der Waals surface area contributed by atoms with Gasteiger partial charge >= 0.3 is 5.97 Å². The first-order valence-corrected chi connectivity index (χ1v) is 19.3. The first kappa shape index (κ1) is 38.4. The SMILES string of the molecule is C=CCCC(=O)N(C)[C@@H](C)[C@@H](OC(=O)[C@@H]1[C@H]2O[C@@]3(CC2Br)[C@H](C(=O)N(CC=C)c2ccc4ccccc4c2)N(CCCCO)C(=O)[C@@H]13)c1ccccc1. The lowest BCUT2D eigenvalue weighted by molar-refractivity contribution is -0.164. The number of likely N-dealkylation sites (tertiary alicyclic amines) is 1. The molecule has 3 amide bonds. The molecule has 0 radical (unpaired) electrons. The molecule has 3 aliphatic rings. The highest BCUT2D eigenvalue weighted by molar-refractivity contribution is 9.09. The summed E-state index contributed by atoms with van der Waals surface area (Å²) in [6.45, 7) is 9.82. The average Bonchev–Trinajstić information content (AvgIpc) is 3.77. The number of esters is 1. The lowest BCUT2D eigenvalue weighted by Gasteiger charge is -2.37. The van der Waals surface area contributed by atoms with E-state index in [1.165, 1.54) is 0 Å². The summed E-state index contributed by atoms with van der Waals surface area (Å²) in [4.78, 5) is 61.8. The minimum Gasteiger partial charge on any atom is -0.455 e. The summed E-state index contributed by atoms with van der Waals surface area (Å²) in [7, 11) is 1.69. The molecule has 280 valence electrons. The second-order valence-electron chi connectivity index (χ2n) is 14.2. The number of benzene rings is 3. The van der Waals surface area contributed by atoms with Crippen molar-refractivity contribution in [3.8, 4) is 0 Å². The summed E-state index contributed by atoms with van der Waals surface area (Å²) in [5.74, 6) is -3.38. The molecule has 11 heteroatoms. The Morgan fingerprint density at radius 3 is 2.47 bits per heavy atom. The molecule has 8 atom stereocenters. The standard InChI is InChI=1S/C42H48BrN3O7/c1-5-7-19-33(48)44(4)27(3)36(29-16-9-8-10-17-29)52-41(51)34-35-39(49)46(23-13-14-24-47)38(42(35)26-32(43)37(34)53-42)40(50)45(22-6-2)31-21-20-28-15-11-12-18-30(28)25-31/h5-6,8-12,15-18,20-21,25,27,32,34-38,47H,1-2,7,13-14,19,22-24,26H2,3-4H3/t27-,32?,34-,35+,36+,37-,38-,42+/m0/s1. The van der Waals surface area contributed by atoms with Gasteiger partial charge in [-0.25, -0.2) is 0 Å². The van der Waals surface area contributed by atoms with Crippen molar-refractivity contribution in [2.75, 3.05) is 31.6 Å². The molecule has 3 fully saturated rings. The highest BCUT2D eigenvalue weighted by Crippen LogP contribution is 2.60. The Labute approximate surface area is 319 Å². The van der Waals surface area contributed by atoms with Crippen LogP contribution in [0.15, 0.2) is 98.1 Å². The number of amides is 3. The van der Waals surface area contributed by atoms with Gasteiger partial charge in [0.25, 0.3) is 5.91 Å². The van der Waals surface area contributed by atoms with Crippen LogP contribution in [0.25, 0.3) is 10.8 Å². The number of hydrogen-bond acceptors (Lipinski definition) is 7. The summed E-state index contributed by atoms with van der Waals surface area (Å²) in [6, 6.07) is 21.4. The van der Waals surface area contributed by atoms with Crippen molar-refractivity contribution in [2.45, 2.75) is 73.7 Å². The average molecular weight is 787 g/mol. The van der Waals surface area contributed by atoms with Crippen LogP contribution in [-0.2, 0) is 28.7 Å². The van der Waals surface area contributed by atoms with Crippen molar-refractivity contribution in [3.63, 3.8) is 0 Å². The van der Waals surface area contributed by atoms with Gasteiger partial charge in [0.15, 0.2) is 0 Å². The molecule has 3 heterocycles. The Kier molecular flexibility index (Phi) is 11.9. The number of hydrogen-bond donors (Lipinski definition) is 1. The second kappa shape index (κ2) is 16.4. The number of fused-ring (bicyclic) bond motifs is 2. The van der Waals surface area contributed by atoms with Crippen LogP contribution < -0.4 is 4.90 Å². The summed E-state index contributed by atoms with van der Waals surface area (Å²) in [5, 5.41) is 11.6. The predicted molar refractivity (Wildman–Crippen MR) is 207 cm³/mol. The second-order valence-corrected chi connectivity index (χ2v) is 15.4. The van der Waals surface area contributed by atoms with E-state index in [0.717, 1.165) is 10.8 Å². The van der Waals surface area contributed by atoms with Gasteiger partial charge < -0.3 is 29.3 Å². The maximum Gasteiger partial charge on any atom is 0.313 e. The minimum atomic E-state index is -1.31. The third-order valence-corrected chi connectivity index (χ3v) is 11.9. The fourth-order valence-electron chi connectivity index (χ4n) is 8.38. The number of aliphatic hydroxyl groups excluding tert-OH is 1. The van der Waals surface area contributed by atoms with E-state index in [9.17, 15) is 19.5 Å². The molecule has 0 aliphatic carbocycles. The monoisotopic (exact) mass is 785 g/mol. The highest BCUT2D eigenvalue weighted by atomic mass is 79.9. The topological polar surface area (TPSA) is 117 Å². The molecule has 3 aliphatic heterocycles. The molecule has 53 heavy (non-hydrogen) atoms. The fraction of sp³-hybridized carbons (Fsp3) is 0.429. The first-order valence-electron chi connectivity index (χ1n) is 18.3. The van der Waals surface area contributed by atoms with Crippen molar-refractivity contribution in [3.05, 3.63) is 104 Å². The molecular formula is C42H48BrN3O7. The predicted octanol–water partition coefficient (Wildman–Crippen LogP) is 5.98. The molecule has 3 aromatic rings. The van der Waals surface area contributed by atoms with Crippen molar-refractivity contribution < 1.29 is 33.8 Å². The molecule has 2 bridgehead atoms. The normalized spacial score (nSPS) is 25.5. The van der Waals surface area contributed by atoms with Crippen LogP contribution in [0.2, 0.25) is 0 Å². The third-order valence-electron chi connectivity index (χ3n) is 11.1. The van der Waals surface area contributed by atoms with Crippen LogP contribution in [-0.4, -0.2) is 94.0 Å². The zero-order chi connectivity index (χ0) is 37.9. The first-order chi connectivity index (χ1) is 25.6. The Morgan fingerprint density at radius 1 is 1.06 bits per heavy atom. The van der Waals surface area contributed by atoms with Crippen molar-refractivity contribution in [1.29, 1.82) is 0 Å². The number of nitrogens with zero attached hydrogens (tertiary/aromatic N) is 3. The maximum absolute atomic E-state index is 15.0. The lowest BCUT2D eigenvalue weighted by Crippen LogP contribution is -2.57. The molecule has 10 nitrogen and oxygen atoms in total. The highest BCUT2D eigenvalue weighted by Gasteiger charge is 2.77. The Morgan fingerprint density at radius 2 is 1.77 bits per heavy atom. The number of carbonyl (C=O) groups excluding carboxylic acids is 4. The number of rotatable bonds is 16. The van der Waals surface area contributed by atoms with E-state index in [1.807, 2.05) is 79.7 Å². The van der Waals surface area contributed by atoms with E-state index >= 15 is 4.79 Å². The van der Waals surface area contributed by atoms with Crippen molar-refractivity contribution >= 4 is 56.1 Å². The summed E-state index contributed by atoms with van der Waals surface area (Å²) >= 11 is 3.76. The zero-order valence-corrected chi connectivity index (χ0v) is 31.9.